The highest BCUT2D eigenvalue weighted by molar-refractivity contribution is 6.38. The predicted molar refractivity (Wildman–Crippen MR) is 149 cm³/mol. The first-order chi connectivity index (χ1) is 18.3. The van der Waals surface area contributed by atoms with Crippen LogP contribution in [0.3, 0.4) is 0 Å². The van der Waals surface area contributed by atoms with E-state index in [2.05, 4.69) is 10.6 Å². The number of nitrogens with one attached hydrogen (secondary N) is 2. The molecule has 0 fully saturated rings. The monoisotopic (exact) mass is 530 g/mol. The molecule has 2 heterocycles. The van der Waals surface area contributed by atoms with Crippen LogP contribution in [0.2, 0.25) is 5.02 Å². The van der Waals surface area contributed by atoms with Gasteiger partial charge in [0.25, 0.3) is 11.8 Å². The van der Waals surface area contributed by atoms with Gasteiger partial charge in [-0.1, -0.05) is 17.7 Å². The molecule has 0 aromatic heterocycles. The van der Waals surface area contributed by atoms with E-state index in [1.54, 1.807) is 42.3 Å². The first-order valence-electron chi connectivity index (χ1n) is 12.1. The number of fused-ring (bicyclic) bond motifs is 2. The molecule has 3 aromatic carbocycles. The number of ether oxygens (including phenoxy) is 2. The first-order valence-corrected chi connectivity index (χ1v) is 12.4. The third-order valence-electron chi connectivity index (χ3n) is 6.28. The summed E-state index contributed by atoms with van der Waals surface area (Å²) in [6.07, 6.45) is 2.92. The molecule has 2 aliphatic heterocycles. The number of nitrogens with zero attached hydrogens (tertiary/aromatic N) is 2. The molecular formula is C29H27ClN4O4. The smallest absolute Gasteiger partial charge is 0.258 e. The maximum atomic E-state index is 13.2. The molecule has 2 amide bonds. The number of likely N-dealkylation sites (N-methyl/N-ethyl adjacent to an activating group) is 2. The Labute approximate surface area is 226 Å². The van der Waals surface area contributed by atoms with Crippen molar-refractivity contribution < 1.29 is 19.1 Å². The highest BCUT2D eigenvalue weighted by atomic mass is 35.5. The van der Waals surface area contributed by atoms with Crippen LogP contribution in [-0.4, -0.2) is 55.8 Å². The van der Waals surface area contributed by atoms with E-state index in [1.165, 1.54) is 12.5 Å². The lowest BCUT2D eigenvalue weighted by atomic mass is 9.99. The van der Waals surface area contributed by atoms with Crippen LogP contribution in [0.1, 0.15) is 21.5 Å². The molecule has 2 N–H and O–H groups in total. The van der Waals surface area contributed by atoms with Crippen molar-refractivity contribution in [3.63, 3.8) is 0 Å². The number of carbonyl (C=O) groups is 2. The lowest BCUT2D eigenvalue weighted by Crippen LogP contribution is -2.33. The summed E-state index contributed by atoms with van der Waals surface area (Å²) in [5.74, 6) is 0.790. The Balaban J connectivity index is 1.50. The van der Waals surface area contributed by atoms with Crippen LogP contribution in [0.15, 0.2) is 73.2 Å². The third-order valence-corrected chi connectivity index (χ3v) is 6.52. The van der Waals surface area contributed by atoms with E-state index >= 15 is 0 Å². The fourth-order valence-electron chi connectivity index (χ4n) is 4.24. The van der Waals surface area contributed by atoms with E-state index in [-0.39, 0.29) is 11.8 Å². The fourth-order valence-corrected chi connectivity index (χ4v) is 4.41. The van der Waals surface area contributed by atoms with Gasteiger partial charge in [0.2, 0.25) is 0 Å². The van der Waals surface area contributed by atoms with Crippen LogP contribution in [-0.2, 0) is 4.79 Å². The number of carbonyl (C=O) groups excluding carboxylic acids is 2. The summed E-state index contributed by atoms with van der Waals surface area (Å²) in [4.78, 5) is 29.8. The highest BCUT2D eigenvalue weighted by Gasteiger charge is 2.29. The minimum atomic E-state index is -0.256. The predicted octanol–water partition coefficient (Wildman–Crippen LogP) is 5.15. The summed E-state index contributed by atoms with van der Waals surface area (Å²) in [5.41, 5.74) is 4.42. The molecular weight excluding hydrogens is 504 g/mol. The van der Waals surface area contributed by atoms with E-state index in [9.17, 15) is 9.59 Å². The van der Waals surface area contributed by atoms with Crippen molar-refractivity contribution >= 4 is 46.1 Å². The minimum Gasteiger partial charge on any atom is -0.458 e. The van der Waals surface area contributed by atoms with Gasteiger partial charge >= 0.3 is 0 Å². The van der Waals surface area contributed by atoms with Gasteiger partial charge in [-0.25, -0.2) is 0 Å². The number of benzene rings is 3. The first kappa shape index (κ1) is 25.4. The van der Waals surface area contributed by atoms with E-state index in [4.69, 9.17) is 21.1 Å². The van der Waals surface area contributed by atoms with Crippen molar-refractivity contribution in [1.82, 2.24) is 9.80 Å². The van der Waals surface area contributed by atoms with Gasteiger partial charge in [0.05, 0.1) is 17.0 Å². The summed E-state index contributed by atoms with van der Waals surface area (Å²) in [6.45, 7) is 1.40. The lowest BCUT2D eigenvalue weighted by Gasteiger charge is -2.20. The average Bonchev–Trinajstić information content (AvgIpc) is 3.24. The number of anilines is 2. The minimum absolute atomic E-state index is 0.0576. The van der Waals surface area contributed by atoms with Crippen LogP contribution < -0.4 is 20.1 Å². The molecule has 194 valence electrons. The largest absolute Gasteiger partial charge is 0.458 e. The topological polar surface area (TPSA) is 83.1 Å². The van der Waals surface area contributed by atoms with E-state index in [1.807, 2.05) is 49.3 Å². The van der Waals surface area contributed by atoms with Crippen LogP contribution in [0.5, 0.6) is 11.5 Å². The standard InChI is InChI=1S/C29H27ClN4O4/c1-33(2)12-13-34(3)29(36)18-4-8-21(9-5-18)31-27(19-6-11-24-25(16-19)38-15-14-37-24)26-22-10-7-20(30)17-23(22)32-28(26)35/h4-11,14-17,31H,12-13H2,1-3H3,(H,32,35)/b27-26-. The lowest BCUT2D eigenvalue weighted by molar-refractivity contribution is -0.110. The van der Waals surface area contributed by atoms with Gasteiger partial charge in [0.1, 0.15) is 12.5 Å². The van der Waals surface area contributed by atoms with Gasteiger partial charge in [-0.05, 0) is 68.7 Å². The SMILES string of the molecule is CN(C)CCN(C)C(=O)c1ccc(N/C(=C2\C(=O)Nc3cc(Cl)ccc32)c2ccc3c(c2)OC=CO3)cc1. The van der Waals surface area contributed by atoms with E-state index < -0.39 is 0 Å². The van der Waals surface area contributed by atoms with Crippen molar-refractivity contribution in [2.45, 2.75) is 0 Å². The zero-order valence-corrected chi connectivity index (χ0v) is 22.0. The Morgan fingerprint density at radius 1 is 0.895 bits per heavy atom. The zero-order valence-electron chi connectivity index (χ0n) is 21.2. The maximum Gasteiger partial charge on any atom is 0.258 e. The molecule has 0 saturated heterocycles. The number of rotatable bonds is 7. The molecule has 2 aliphatic rings. The van der Waals surface area contributed by atoms with Crippen molar-refractivity contribution in [3.05, 3.63) is 94.9 Å². The van der Waals surface area contributed by atoms with Gasteiger partial charge in [0.15, 0.2) is 11.5 Å². The van der Waals surface area contributed by atoms with Gasteiger partial charge in [-0.3, -0.25) is 9.59 Å². The Hall–Kier alpha value is -4.27. The molecule has 5 rings (SSSR count). The summed E-state index contributed by atoms with van der Waals surface area (Å²) in [6, 6.07) is 17.9. The summed E-state index contributed by atoms with van der Waals surface area (Å²) < 4.78 is 11.1. The normalized spacial score (nSPS) is 14.7. The number of hydrogen-bond acceptors (Lipinski definition) is 6. The molecule has 0 aliphatic carbocycles. The summed E-state index contributed by atoms with van der Waals surface area (Å²) in [7, 11) is 5.74. The molecule has 3 aromatic rings. The Morgan fingerprint density at radius 3 is 2.34 bits per heavy atom. The van der Waals surface area contributed by atoms with Crippen LogP contribution in [0.25, 0.3) is 11.3 Å². The molecule has 9 heteroatoms. The summed E-state index contributed by atoms with van der Waals surface area (Å²) in [5, 5.41) is 6.84. The van der Waals surface area contributed by atoms with Gasteiger partial charge in [-0.2, -0.15) is 0 Å². The summed E-state index contributed by atoms with van der Waals surface area (Å²) >= 11 is 6.17. The second kappa shape index (κ2) is 10.6. The van der Waals surface area contributed by atoms with E-state index in [0.717, 1.165) is 17.7 Å². The second-order valence-electron chi connectivity index (χ2n) is 9.30. The fraction of sp³-hybridized carbons (Fsp3) is 0.172. The molecule has 0 atom stereocenters. The van der Waals surface area contributed by atoms with Crippen molar-refractivity contribution in [2.24, 2.45) is 0 Å². The quantitative estimate of drug-likeness (QED) is 0.411. The van der Waals surface area contributed by atoms with Crippen molar-refractivity contribution in [2.75, 3.05) is 44.9 Å². The van der Waals surface area contributed by atoms with Crippen LogP contribution in [0.4, 0.5) is 11.4 Å². The highest BCUT2D eigenvalue weighted by Crippen LogP contribution is 2.41. The molecule has 38 heavy (non-hydrogen) atoms. The van der Waals surface area contributed by atoms with E-state index in [0.29, 0.717) is 51.3 Å². The van der Waals surface area contributed by atoms with Gasteiger partial charge in [-0.15, -0.1) is 0 Å². The average molecular weight is 531 g/mol. The van der Waals surface area contributed by atoms with Crippen LogP contribution in [0, 0.1) is 0 Å². The molecule has 8 nitrogen and oxygen atoms in total. The second-order valence-corrected chi connectivity index (χ2v) is 9.73. The number of hydrogen-bond donors (Lipinski definition) is 2. The molecule has 0 radical (unpaired) electrons. The number of amides is 2. The van der Waals surface area contributed by atoms with Gasteiger partial charge in [0, 0.05) is 47.5 Å². The van der Waals surface area contributed by atoms with Gasteiger partial charge < -0.3 is 29.9 Å². The molecule has 0 spiro atoms. The third kappa shape index (κ3) is 5.22. The Morgan fingerprint density at radius 2 is 1.61 bits per heavy atom. The maximum absolute atomic E-state index is 13.2. The zero-order chi connectivity index (χ0) is 26.8. The molecule has 0 saturated carbocycles. The van der Waals surface area contributed by atoms with Crippen molar-refractivity contribution in [1.29, 1.82) is 0 Å². The Kier molecular flexibility index (Phi) is 7.09. The molecule has 0 unspecified atom stereocenters. The van der Waals surface area contributed by atoms with Crippen molar-refractivity contribution in [3.8, 4) is 11.5 Å². The molecule has 0 bridgehead atoms. The number of halogens is 1. The van der Waals surface area contributed by atoms with Crippen LogP contribution >= 0.6 is 11.6 Å². The Bertz CT molecular complexity index is 1460.